The van der Waals surface area contributed by atoms with Gasteiger partial charge in [-0.1, -0.05) is 13.8 Å². The Labute approximate surface area is 81.7 Å². The van der Waals surface area contributed by atoms with Crippen molar-refractivity contribution in [1.29, 1.82) is 0 Å². The Morgan fingerprint density at radius 1 is 1.31 bits per heavy atom. The predicted octanol–water partition coefficient (Wildman–Crippen LogP) is 1.62. The van der Waals surface area contributed by atoms with Gasteiger partial charge in [0.1, 0.15) is 6.67 Å². The Kier molecular flexibility index (Phi) is 7.19. The fourth-order valence-corrected chi connectivity index (χ4v) is 1.45. The lowest BCUT2D eigenvalue weighted by molar-refractivity contribution is 0.100. The molecule has 0 aromatic rings. The van der Waals surface area contributed by atoms with Gasteiger partial charge in [-0.3, -0.25) is 4.90 Å². The van der Waals surface area contributed by atoms with Gasteiger partial charge in [-0.25, -0.2) is 4.39 Å². The van der Waals surface area contributed by atoms with Gasteiger partial charge < -0.3 is 4.90 Å². The summed E-state index contributed by atoms with van der Waals surface area (Å²) in [6.45, 7) is 9.69. The highest BCUT2D eigenvalue weighted by Crippen LogP contribution is 2.05. The van der Waals surface area contributed by atoms with Gasteiger partial charge in [-0.2, -0.15) is 0 Å². The van der Waals surface area contributed by atoms with Crippen molar-refractivity contribution in [2.75, 3.05) is 39.9 Å². The summed E-state index contributed by atoms with van der Waals surface area (Å²) < 4.78 is 11.9. The van der Waals surface area contributed by atoms with Crippen LogP contribution in [0.15, 0.2) is 0 Å². The van der Waals surface area contributed by atoms with Crippen molar-refractivity contribution in [2.24, 2.45) is 0 Å². The molecule has 0 aliphatic carbocycles. The molecule has 0 saturated carbocycles. The van der Waals surface area contributed by atoms with Crippen molar-refractivity contribution in [3.63, 3.8) is 0 Å². The van der Waals surface area contributed by atoms with Crippen molar-refractivity contribution in [1.82, 2.24) is 9.80 Å². The summed E-state index contributed by atoms with van der Waals surface area (Å²) in [6, 6.07) is 0.579. The number of halogens is 1. The minimum atomic E-state index is -0.212. The molecule has 0 N–H and O–H groups in total. The van der Waals surface area contributed by atoms with E-state index in [1.807, 2.05) is 13.8 Å². The van der Waals surface area contributed by atoms with Crippen molar-refractivity contribution >= 4 is 0 Å². The molecule has 0 aromatic carbocycles. The monoisotopic (exact) mass is 190 g/mol. The van der Waals surface area contributed by atoms with Gasteiger partial charge in [-0.15, -0.1) is 0 Å². The Hall–Kier alpha value is -0.150. The molecule has 1 saturated heterocycles. The van der Waals surface area contributed by atoms with E-state index in [0.29, 0.717) is 12.6 Å². The Balaban J connectivity index is 0.000000671. The highest BCUT2D eigenvalue weighted by atomic mass is 19.1. The lowest BCUT2D eigenvalue weighted by Gasteiger charge is -2.37. The predicted molar refractivity (Wildman–Crippen MR) is 55.9 cm³/mol. The maximum absolute atomic E-state index is 11.9. The molecular weight excluding hydrogens is 167 g/mol. The van der Waals surface area contributed by atoms with E-state index in [0.717, 1.165) is 19.6 Å². The van der Waals surface area contributed by atoms with E-state index >= 15 is 0 Å². The van der Waals surface area contributed by atoms with Gasteiger partial charge in [-0.05, 0) is 14.0 Å². The highest BCUT2D eigenvalue weighted by molar-refractivity contribution is 4.75. The molecule has 2 nitrogen and oxygen atoms in total. The molecule has 0 spiro atoms. The summed E-state index contributed by atoms with van der Waals surface area (Å²) in [7, 11) is 2.12. The van der Waals surface area contributed by atoms with E-state index in [2.05, 4.69) is 23.8 Å². The van der Waals surface area contributed by atoms with Crippen LogP contribution in [0.4, 0.5) is 4.39 Å². The first kappa shape index (κ1) is 12.8. The Morgan fingerprint density at radius 2 is 1.92 bits per heavy atom. The Morgan fingerprint density at radius 3 is 2.38 bits per heavy atom. The Bertz CT molecular complexity index is 119. The lowest BCUT2D eigenvalue weighted by Crippen LogP contribution is -2.50. The van der Waals surface area contributed by atoms with E-state index < -0.39 is 0 Å². The number of piperazine rings is 1. The largest absolute Gasteiger partial charge is 0.301 e. The SMILES string of the molecule is CC.CC1CN(CCF)CCN1C. The summed E-state index contributed by atoms with van der Waals surface area (Å²) in [5.74, 6) is 0. The van der Waals surface area contributed by atoms with Crippen molar-refractivity contribution in [2.45, 2.75) is 26.8 Å². The molecule has 1 heterocycles. The summed E-state index contributed by atoms with van der Waals surface area (Å²) >= 11 is 0. The van der Waals surface area contributed by atoms with E-state index in [4.69, 9.17) is 0 Å². The van der Waals surface area contributed by atoms with Gasteiger partial charge in [0.05, 0.1) is 0 Å². The maximum Gasteiger partial charge on any atom is 0.102 e. The zero-order chi connectivity index (χ0) is 10.3. The average molecular weight is 190 g/mol. The van der Waals surface area contributed by atoms with Crippen LogP contribution in [0.3, 0.4) is 0 Å². The third-order valence-corrected chi connectivity index (χ3v) is 2.44. The van der Waals surface area contributed by atoms with Crippen LogP contribution in [-0.2, 0) is 0 Å². The number of hydrogen-bond acceptors (Lipinski definition) is 2. The molecule has 1 aliphatic rings. The minimum absolute atomic E-state index is 0.212. The summed E-state index contributed by atoms with van der Waals surface area (Å²) in [5, 5.41) is 0. The molecule has 1 rings (SSSR count). The van der Waals surface area contributed by atoms with Gasteiger partial charge >= 0.3 is 0 Å². The quantitative estimate of drug-likeness (QED) is 0.653. The average Bonchev–Trinajstić information content (AvgIpc) is 2.15. The van der Waals surface area contributed by atoms with Crippen molar-refractivity contribution in [3.05, 3.63) is 0 Å². The first-order chi connectivity index (χ1) is 6.24. The van der Waals surface area contributed by atoms with Gasteiger partial charge in [0, 0.05) is 32.2 Å². The summed E-state index contributed by atoms with van der Waals surface area (Å²) in [6.07, 6.45) is 0. The zero-order valence-electron chi connectivity index (χ0n) is 9.39. The summed E-state index contributed by atoms with van der Waals surface area (Å²) in [4.78, 5) is 4.50. The number of hydrogen-bond donors (Lipinski definition) is 0. The number of alkyl halides is 1. The molecule has 80 valence electrons. The van der Waals surface area contributed by atoms with Crippen molar-refractivity contribution < 1.29 is 4.39 Å². The summed E-state index contributed by atoms with van der Waals surface area (Å²) in [5.41, 5.74) is 0. The number of nitrogens with zero attached hydrogens (tertiary/aromatic N) is 2. The van der Waals surface area contributed by atoms with Crippen LogP contribution < -0.4 is 0 Å². The van der Waals surface area contributed by atoms with Crippen LogP contribution in [0, 0.1) is 0 Å². The molecule has 3 heteroatoms. The molecule has 13 heavy (non-hydrogen) atoms. The lowest BCUT2D eigenvalue weighted by atomic mass is 10.2. The fourth-order valence-electron chi connectivity index (χ4n) is 1.45. The number of rotatable bonds is 2. The van der Waals surface area contributed by atoms with Crippen molar-refractivity contribution in [3.8, 4) is 0 Å². The molecule has 1 fully saturated rings. The van der Waals surface area contributed by atoms with Crippen LogP contribution in [0.25, 0.3) is 0 Å². The molecule has 1 unspecified atom stereocenters. The second kappa shape index (κ2) is 7.27. The van der Waals surface area contributed by atoms with E-state index in [-0.39, 0.29) is 6.67 Å². The van der Waals surface area contributed by atoms with Gasteiger partial charge in [0.25, 0.3) is 0 Å². The van der Waals surface area contributed by atoms with Crippen LogP contribution in [0.2, 0.25) is 0 Å². The first-order valence-corrected chi connectivity index (χ1v) is 5.22. The molecule has 0 bridgehead atoms. The minimum Gasteiger partial charge on any atom is -0.301 e. The second-order valence-electron chi connectivity index (χ2n) is 3.32. The second-order valence-corrected chi connectivity index (χ2v) is 3.32. The van der Waals surface area contributed by atoms with Crippen LogP contribution >= 0.6 is 0 Å². The van der Waals surface area contributed by atoms with Gasteiger partial charge in [0.2, 0.25) is 0 Å². The van der Waals surface area contributed by atoms with E-state index in [9.17, 15) is 4.39 Å². The highest BCUT2D eigenvalue weighted by Gasteiger charge is 2.19. The van der Waals surface area contributed by atoms with E-state index in [1.165, 1.54) is 0 Å². The molecule has 1 atom stereocenters. The molecule has 1 aliphatic heterocycles. The molecule has 0 radical (unpaired) electrons. The number of likely N-dealkylation sites (N-methyl/N-ethyl adjacent to an activating group) is 1. The topological polar surface area (TPSA) is 6.48 Å². The van der Waals surface area contributed by atoms with Gasteiger partial charge in [0.15, 0.2) is 0 Å². The van der Waals surface area contributed by atoms with Crippen LogP contribution in [0.5, 0.6) is 0 Å². The van der Waals surface area contributed by atoms with Crippen LogP contribution in [0.1, 0.15) is 20.8 Å². The smallest absolute Gasteiger partial charge is 0.102 e. The fraction of sp³-hybridized carbons (Fsp3) is 1.00. The molecular formula is C10H23FN2. The zero-order valence-corrected chi connectivity index (χ0v) is 9.39. The van der Waals surface area contributed by atoms with E-state index in [1.54, 1.807) is 0 Å². The third kappa shape index (κ3) is 4.58. The standard InChI is InChI=1S/C8H17FN2.C2H6/c1-8-7-11(4-3-9)6-5-10(8)2;1-2/h8H,3-7H2,1-2H3;1-2H3. The molecule has 0 amide bonds. The first-order valence-electron chi connectivity index (χ1n) is 5.22. The van der Waals surface area contributed by atoms with Crippen LogP contribution in [-0.4, -0.2) is 55.7 Å². The normalized spacial score (nSPS) is 25.2. The maximum atomic E-state index is 11.9. The molecule has 0 aromatic heterocycles. The third-order valence-electron chi connectivity index (χ3n) is 2.44.